The smallest absolute Gasteiger partial charge is 0.411 e. The second kappa shape index (κ2) is 11.5. The lowest BCUT2D eigenvalue weighted by molar-refractivity contribution is -0.137. The third-order valence-corrected chi connectivity index (χ3v) is 7.20. The summed E-state index contributed by atoms with van der Waals surface area (Å²) in [4.78, 5) is 53.3. The minimum Gasteiger partial charge on any atom is -0.481 e. The number of rotatable bonds is 4. The van der Waals surface area contributed by atoms with Gasteiger partial charge in [-0.05, 0) is 64.9 Å². The van der Waals surface area contributed by atoms with Crippen LogP contribution >= 0.6 is 0 Å². The summed E-state index contributed by atoms with van der Waals surface area (Å²) in [6.45, 7) is 4.01. The average Bonchev–Trinajstić information content (AvgIpc) is 2.94. The summed E-state index contributed by atoms with van der Waals surface area (Å²) in [6, 6.07) is 17.5. The quantitative estimate of drug-likeness (QED) is 0.239. The van der Waals surface area contributed by atoms with Gasteiger partial charge in [0, 0.05) is 28.9 Å². The molecule has 6 rings (SSSR count). The Morgan fingerprint density at radius 1 is 1.02 bits per heavy atom. The number of aromatic amines is 1. The first-order valence-electron chi connectivity index (χ1n) is 13.2. The van der Waals surface area contributed by atoms with E-state index >= 15 is 0 Å². The number of amides is 2. The molecular formula is C31H30N4O6. The summed E-state index contributed by atoms with van der Waals surface area (Å²) in [5.41, 5.74) is 3.70. The van der Waals surface area contributed by atoms with Crippen LogP contribution in [0.25, 0.3) is 10.8 Å². The summed E-state index contributed by atoms with van der Waals surface area (Å²) in [7, 11) is 0. The summed E-state index contributed by atoms with van der Waals surface area (Å²) < 4.78 is 5.46. The first-order chi connectivity index (χ1) is 19.7. The van der Waals surface area contributed by atoms with Gasteiger partial charge in [0.2, 0.25) is 5.91 Å². The van der Waals surface area contributed by atoms with Gasteiger partial charge in [0.15, 0.2) is 0 Å². The van der Waals surface area contributed by atoms with E-state index in [0.717, 1.165) is 16.5 Å². The van der Waals surface area contributed by atoms with E-state index in [9.17, 15) is 24.3 Å². The summed E-state index contributed by atoms with van der Waals surface area (Å²) in [5, 5.41) is 19.7. The molecule has 2 amide bonds. The number of carboxylic acid groups (broad SMARTS) is 1. The average molecular weight is 555 g/mol. The minimum absolute atomic E-state index is 0.110. The van der Waals surface area contributed by atoms with Crippen LogP contribution in [-0.4, -0.2) is 34.7 Å². The van der Waals surface area contributed by atoms with Gasteiger partial charge >= 0.3 is 12.1 Å². The maximum Gasteiger partial charge on any atom is 0.411 e. The van der Waals surface area contributed by atoms with Gasteiger partial charge in [-0.3, -0.25) is 19.7 Å². The summed E-state index contributed by atoms with van der Waals surface area (Å²) in [5.74, 6) is -1.67. The molecule has 4 aromatic rings. The first-order valence-corrected chi connectivity index (χ1v) is 13.2. The van der Waals surface area contributed by atoms with Crippen molar-refractivity contribution < 1.29 is 24.2 Å². The Bertz CT molecular complexity index is 1700. The summed E-state index contributed by atoms with van der Waals surface area (Å²) >= 11 is 0. The molecule has 2 aliphatic heterocycles. The Kier molecular flexibility index (Phi) is 7.73. The number of H-pyrrole nitrogens is 1. The number of aliphatic carboxylic acids is 1. The second-order valence-electron chi connectivity index (χ2n) is 10.2. The zero-order chi connectivity index (χ0) is 29.1. The number of aryl methyl sites for hydroxylation is 1. The molecule has 4 bridgehead atoms. The highest BCUT2D eigenvalue weighted by atomic mass is 16.5. The third kappa shape index (κ3) is 6.22. The van der Waals surface area contributed by atoms with Crippen molar-refractivity contribution in [2.45, 2.75) is 38.3 Å². The Labute approximate surface area is 235 Å². The number of carbonyl (C=O) groups is 3. The van der Waals surface area contributed by atoms with Crippen molar-refractivity contribution in [1.82, 2.24) is 10.3 Å². The molecular weight excluding hydrogens is 524 g/mol. The molecule has 10 heteroatoms. The molecule has 0 aliphatic carbocycles. The van der Waals surface area contributed by atoms with Crippen LogP contribution in [0.3, 0.4) is 0 Å². The second-order valence-corrected chi connectivity index (χ2v) is 10.2. The van der Waals surface area contributed by atoms with E-state index in [1.165, 1.54) is 0 Å². The highest BCUT2D eigenvalue weighted by Crippen LogP contribution is 2.29. The maximum atomic E-state index is 13.9. The largest absolute Gasteiger partial charge is 0.481 e. The number of carbonyl (C=O) groups excluding carboxylic acids is 2. The van der Waals surface area contributed by atoms with Crippen molar-refractivity contribution in [1.29, 1.82) is 0 Å². The fourth-order valence-electron chi connectivity index (χ4n) is 5.13. The zero-order valence-corrected chi connectivity index (χ0v) is 22.6. The molecule has 3 aromatic carbocycles. The van der Waals surface area contributed by atoms with Crippen molar-refractivity contribution >= 4 is 40.1 Å². The SMILES string of the molecule is Cc1cc2ccc1[C@@H](C)COC(=O)Nc1cccc(c1)C(CC(=O)O)NC(=O)[C@@H]2Nc1ccc2cc[nH]c(=O)c2c1. The van der Waals surface area contributed by atoms with E-state index in [2.05, 4.69) is 20.9 Å². The van der Waals surface area contributed by atoms with Crippen LogP contribution in [-0.2, 0) is 14.3 Å². The molecule has 10 nitrogen and oxygen atoms in total. The van der Waals surface area contributed by atoms with Gasteiger partial charge in [-0.1, -0.05) is 43.3 Å². The van der Waals surface area contributed by atoms with E-state index in [-0.39, 0.29) is 24.5 Å². The monoisotopic (exact) mass is 554 g/mol. The molecule has 0 spiro atoms. The fraction of sp³-hybridized carbons (Fsp3) is 0.226. The first kappa shape index (κ1) is 27.4. The third-order valence-electron chi connectivity index (χ3n) is 7.20. The van der Waals surface area contributed by atoms with Crippen molar-refractivity contribution in [3.63, 3.8) is 0 Å². The number of pyridine rings is 1. The van der Waals surface area contributed by atoms with Crippen molar-refractivity contribution in [2.75, 3.05) is 17.2 Å². The van der Waals surface area contributed by atoms with Crippen molar-refractivity contribution in [2.24, 2.45) is 0 Å². The van der Waals surface area contributed by atoms with E-state index < -0.39 is 30.1 Å². The van der Waals surface area contributed by atoms with E-state index in [4.69, 9.17) is 4.74 Å². The standard InChI is InChI=1S/C31H30N4O6/c1-17-12-21-7-9-24(17)18(2)16-41-31(40)34-22-5-3-4-20(13-22)26(15-27(36)37)35-30(39)28(21)33-23-8-6-19-10-11-32-29(38)25(19)14-23/h3-14,18,26,28,33H,15-16H2,1-2H3,(H,32,38)(H,34,40)(H,35,39)(H,36,37)/t18-,26?,28+/m0/s1. The van der Waals surface area contributed by atoms with Gasteiger partial charge in [0.05, 0.1) is 19.1 Å². The fourth-order valence-corrected chi connectivity index (χ4v) is 5.13. The molecule has 3 heterocycles. The molecule has 1 aromatic heterocycles. The number of benzene rings is 3. The lowest BCUT2D eigenvalue weighted by Crippen LogP contribution is -2.37. The number of nitrogens with one attached hydrogen (secondary N) is 4. The highest BCUT2D eigenvalue weighted by Gasteiger charge is 2.27. The zero-order valence-electron chi connectivity index (χ0n) is 22.6. The minimum atomic E-state index is -1.10. The van der Waals surface area contributed by atoms with Gasteiger partial charge in [-0.15, -0.1) is 0 Å². The van der Waals surface area contributed by atoms with Crippen molar-refractivity contribution in [3.8, 4) is 0 Å². The predicted octanol–water partition coefficient (Wildman–Crippen LogP) is 4.99. The summed E-state index contributed by atoms with van der Waals surface area (Å²) in [6.07, 6.45) is 0.562. The number of anilines is 2. The highest BCUT2D eigenvalue weighted by molar-refractivity contribution is 5.90. The molecule has 210 valence electrons. The predicted molar refractivity (Wildman–Crippen MR) is 155 cm³/mol. The Morgan fingerprint density at radius 3 is 2.63 bits per heavy atom. The van der Waals surface area contributed by atoms with Crippen LogP contribution in [0.4, 0.5) is 16.2 Å². The molecule has 5 N–H and O–H groups in total. The number of carboxylic acids is 1. The number of ether oxygens (including phenoxy) is 1. The number of fused-ring (bicyclic) bond motifs is 10. The van der Waals surface area contributed by atoms with E-state index in [1.807, 2.05) is 32.0 Å². The Balaban J connectivity index is 1.59. The number of aromatic nitrogens is 1. The topological polar surface area (TPSA) is 150 Å². The van der Waals surface area contributed by atoms with Gasteiger partial charge in [0.25, 0.3) is 5.56 Å². The lowest BCUT2D eigenvalue weighted by Gasteiger charge is -2.26. The number of hydrogen-bond donors (Lipinski definition) is 5. The van der Waals surface area contributed by atoms with Crippen LogP contribution in [0.15, 0.2) is 77.7 Å². The van der Waals surface area contributed by atoms with Crippen molar-refractivity contribution in [3.05, 3.63) is 106 Å². The van der Waals surface area contributed by atoms with Gasteiger partial charge in [-0.25, -0.2) is 4.79 Å². The van der Waals surface area contributed by atoms with Crippen LogP contribution < -0.4 is 21.5 Å². The van der Waals surface area contributed by atoms with E-state index in [0.29, 0.717) is 27.9 Å². The molecule has 1 unspecified atom stereocenters. The van der Waals surface area contributed by atoms with Gasteiger partial charge in [0.1, 0.15) is 6.04 Å². The van der Waals surface area contributed by atoms with Crippen LogP contribution in [0.2, 0.25) is 0 Å². The van der Waals surface area contributed by atoms with Crippen LogP contribution in [0.1, 0.15) is 53.6 Å². The van der Waals surface area contributed by atoms with Gasteiger partial charge < -0.3 is 25.5 Å². The molecule has 0 radical (unpaired) electrons. The lowest BCUT2D eigenvalue weighted by atomic mass is 9.92. The molecule has 3 atom stereocenters. The molecule has 0 saturated carbocycles. The van der Waals surface area contributed by atoms with Crippen LogP contribution in [0.5, 0.6) is 0 Å². The maximum absolute atomic E-state index is 13.9. The number of hydrogen-bond acceptors (Lipinski definition) is 6. The van der Waals surface area contributed by atoms with E-state index in [1.54, 1.807) is 54.7 Å². The Hall–Kier alpha value is -5.12. The van der Waals surface area contributed by atoms with Gasteiger partial charge in [-0.2, -0.15) is 0 Å². The molecule has 2 aliphatic rings. The Morgan fingerprint density at radius 2 is 1.85 bits per heavy atom. The normalized spacial score (nSPS) is 19.2. The molecule has 0 fully saturated rings. The molecule has 0 saturated heterocycles. The van der Waals surface area contributed by atoms with Crippen LogP contribution in [0, 0.1) is 6.92 Å². The molecule has 41 heavy (non-hydrogen) atoms.